The fourth-order valence-corrected chi connectivity index (χ4v) is 1.91. The van der Waals surface area contributed by atoms with Crippen molar-refractivity contribution in [2.75, 3.05) is 6.54 Å². The second-order valence-corrected chi connectivity index (χ2v) is 4.62. The summed E-state index contributed by atoms with van der Waals surface area (Å²) in [5, 5.41) is 6.02. The molecule has 0 saturated carbocycles. The van der Waals surface area contributed by atoms with Gasteiger partial charge < -0.3 is 11.1 Å². The highest BCUT2D eigenvalue weighted by Crippen LogP contribution is 2.15. The van der Waals surface area contributed by atoms with E-state index in [4.69, 9.17) is 5.73 Å². The maximum atomic E-state index is 5.71. The largest absolute Gasteiger partial charge is 0.328 e. The van der Waals surface area contributed by atoms with Crippen molar-refractivity contribution >= 4 is 10.8 Å². The van der Waals surface area contributed by atoms with E-state index in [1.807, 2.05) is 6.92 Å². The topological polar surface area (TPSA) is 38.0 Å². The van der Waals surface area contributed by atoms with Crippen LogP contribution in [0.3, 0.4) is 0 Å². The van der Waals surface area contributed by atoms with Crippen LogP contribution in [0.1, 0.15) is 18.9 Å². The molecule has 0 heterocycles. The first-order valence-electron chi connectivity index (χ1n) is 6.19. The van der Waals surface area contributed by atoms with E-state index in [2.05, 4.69) is 47.8 Å². The summed E-state index contributed by atoms with van der Waals surface area (Å²) in [5.41, 5.74) is 7.03. The van der Waals surface area contributed by atoms with Crippen molar-refractivity contribution in [3.05, 3.63) is 48.0 Å². The molecule has 0 fully saturated rings. The van der Waals surface area contributed by atoms with Crippen LogP contribution in [0.15, 0.2) is 42.5 Å². The van der Waals surface area contributed by atoms with Crippen molar-refractivity contribution in [1.29, 1.82) is 0 Å². The maximum absolute atomic E-state index is 5.71. The molecule has 1 atom stereocenters. The predicted molar refractivity (Wildman–Crippen MR) is 73.9 cm³/mol. The molecule has 17 heavy (non-hydrogen) atoms. The summed E-state index contributed by atoms with van der Waals surface area (Å²) < 4.78 is 0. The lowest BCUT2D eigenvalue weighted by atomic mass is 10.1. The Morgan fingerprint density at radius 2 is 1.88 bits per heavy atom. The van der Waals surface area contributed by atoms with Gasteiger partial charge in [-0.3, -0.25) is 0 Å². The van der Waals surface area contributed by atoms with Crippen molar-refractivity contribution in [3.63, 3.8) is 0 Å². The van der Waals surface area contributed by atoms with Crippen molar-refractivity contribution in [2.24, 2.45) is 5.73 Å². The van der Waals surface area contributed by atoms with Crippen molar-refractivity contribution < 1.29 is 0 Å². The van der Waals surface area contributed by atoms with E-state index in [1.54, 1.807) is 0 Å². The van der Waals surface area contributed by atoms with E-state index >= 15 is 0 Å². The van der Waals surface area contributed by atoms with Crippen LogP contribution in [0, 0.1) is 0 Å². The van der Waals surface area contributed by atoms with Gasteiger partial charge in [-0.05, 0) is 42.3 Å². The summed E-state index contributed by atoms with van der Waals surface area (Å²) in [6.45, 7) is 3.93. The Bertz CT molecular complexity index is 477. The monoisotopic (exact) mass is 228 g/mol. The minimum absolute atomic E-state index is 0.277. The lowest BCUT2D eigenvalue weighted by molar-refractivity contribution is 0.589. The summed E-state index contributed by atoms with van der Waals surface area (Å²) in [6, 6.07) is 15.3. The maximum Gasteiger partial charge on any atom is 0.0205 e. The molecule has 1 unspecified atom stereocenters. The molecule has 0 aliphatic heterocycles. The van der Waals surface area contributed by atoms with Gasteiger partial charge in [-0.1, -0.05) is 36.4 Å². The molecule has 2 aromatic rings. The number of benzene rings is 2. The SMILES string of the molecule is CC(N)CCNCc1ccc2ccccc2c1. The normalized spacial score (nSPS) is 12.8. The molecule has 0 radical (unpaired) electrons. The van der Waals surface area contributed by atoms with Crippen LogP contribution in [0.2, 0.25) is 0 Å². The van der Waals surface area contributed by atoms with E-state index in [1.165, 1.54) is 16.3 Å². The highest BCUT2D eigenvalue weighted by atomic mass is 14.9. The first kappa shape index (κ1) is 12.1. The molecule has 0 aliphatic rings. The molecule has 0 saturated heterocycles. The second-order valence-electron chi connectivity index (χ2n) is 4.62. The fourth-order valence-electron chi connectivity index (χ4n) is 1.91. The Kier molecular flexibility index (Phi) is 4.13. The van der Waals surface area contributed by atoms with Crippen molar-refractivity contribution in [3.8, 4) is 0 Å². The summed E-state index contributed by atoms with van der Waals surface area (Å²) in [6.07, 6.45) is 1.02. The van der Waals surface area contributed by atoms with Gasteiger partial charge >= 0.3 is 0 Å². The summed E-state index contributed by atoms with van der Waals surface area (Å²) in [4.78, 5) is 0. The smallest absolute Gasteiger partial charge is 0.0205 e. The molecule has 90 valence electrons. The molecule has 0 aliphatic carbocycles. The number of fused-ring (bicyclic) bond motifs is 1. The lowest BCUT2D eigenvalue weighted by Crippen LogP contribution is -2.23. The molecule has 2 aromatic carbocycles. The minimum atomic E-state index is 0.277. The number of rotatable bonds is 5. The van der Waals surface area contributed by atoms with Crippen LogP contribution >= 0.6 is 0 Å². The third kappa shape index (κ3) is 3.55. The Balaban J connectivity index is 1.95. The Morgan fingerprint density at radius 3 is 2.65 bits per heavy atom. The standard InChI is InChI=1S/C15H20N2/c1-12(16)8-9-17-11-13-6-7-14-4-2-3-5-15(14)10-13/h2-7,10,12,17H,8-9,11,16H2,1H3. The molecule has 2 heteroatoms. The van der Waals surface area contributed by atoms with E-state index < -0.39 is 0 Å². The number of nitrogens with two attached hydrogens (primary N) is 1. The van der Waals surface area contributed by atoms with Crippen LogP contribution in [0.5, 0.6) is 0 Å². The number of hydrogen-bond donors (Lipinski definition) is 2. The van der Waals surface area contributed by atoms with Crippen molar-refractivity contribution in [2.45, 2.75) is 25.9 Å². The molecule has 2 nitrogen and oxygen atoms in total. The average Bonchev–Trinajstić information content (AvgIpc) is 2.34. The Labute approximate surface area is 103 Å². The zero-order valence-electron chi connectivity index (χ0n) is 10.3. The lowest BCUT2D eigenvalue weighted by Gasteiger charge is -2.08. The van der Waals surface area contributed by atoms with Crippen LogP contribution in [0.4, 0.5) is 0 Å². The average molecular weight is 228 g/mol. The van der Waals surface area contributed by atoms with Crippen LogP contribution < -0.4 is 11.1 Å². The minimum Gasteiger partial charge on any atom is -0.328 e. The zero-order chi connectivity index (χ0) is 12.1. The number of nitrogens with one attached hydrogen (secondary N) is 1. The zero-order valence-corrected chi connectivity index (χ0v) is 10.3. The van der Waals surface area contributed by atoms with Gasteiger partial charge in [-0.25, -0.2) is 0 Å². The van der Waals surface area contributed by atoms with Gasteiger partial charge in [0.15, 0.2) is 0 Å². The highest BCUT2D eigenvalue weighted by molar-refractivity contribution is 5.82. The van der Waals surface area contributed by atoms with E-state index in [0.717, 1.165) is 19.5 Å². The van der Waals surface area contributed by atoms with Gasteiger partial charge in [0.1, 0.15) is 0 Å². The van der Waals surface area contributed by atoms with Gasteiger partial charge in [0, 0.05) is 12.6 Å². The van der Waals surface area contributed by atoms with Gasteiger partial charge in [0.05, 0.1) is 0 Å². The molecule has 3 N–H and O–H groups in total. The summed E-state index contributed by atoms with van der Waals surface area (Å²) in [7, 11) is 0. The van der Waals surface area contributed by atoms with Crippen LogP contribution in [0.25, 0.3) is 10.8 Å². The van der Waals surface area contributed by atoms with E-state index in [-0.39, 0.29) is 6.04 Å². The van der Waals surface area contributed by atoms with Gasteiger partial charge in [0.2, 0.25) is 0 Å². The summed E-state index contributed by atoms with van der Waals surface area (Å²) in [5.74, 6) is 0. The van der Waals surface area contributed by atoms with Crippen LogP contribution in [-0.2, 0) is 6.54 Å². The third-order valence-corrected chi connectivity index (χ3v) is 2.92. The van der Waals surface area contributed by atoms with Gasteiger partial charge in [-0.2, -0.15) is 0 Å². The fraction of sp³-hybridized carbons (Fsp3) is 0.333. The molecule has 0 spiro atoms. The van der Waals surface area contributed by atoms with Gasteiger partial charge in [0.25, 0.3) is 0 Å². The molecular weight excluding hydrogens is 208 g/mol. The predicted octanol–water partition coefficient (Wildman–Crippen LogP) is 2.67. The Hall–Kier alpha value is -1.38. The molecule has 2 rings (SSSR count). The first-order chi connectivity index (χ1) is 8.25. The van der Waals surface area contributed by atoms with Crippen LogP contribution in [-0.4, -0.2) is 12.6 Å². The first-order valence-corrected chi connectivity index (χ1v) is 6.19. The van der Waals surface area contributed by atoms with E-state index in [0.29, 0.717) is 0 Å². The molecule has 0 bridgehead atoms. The van der Waals surface area contributed by atoms with Crippen molar-refractivity contribution in [1.82, 2.24) is 5.32 Å². The molecular formula is C15H20N2. The van der Waals surface area contributed by atoms with E-state index in [9.17, 15) is 0 Å². The van der Waals surface area contributed by atoms with Gasteiger partial charge in [-0.15, -0.1) is 0 Å². The second kappa shape index (κ2) is 5.80. The summed E-state index contributed by atoms with van der Waals surface area (Å²) >= 11 is 0. The number of hydrogen-bond acceptors (Lipinski definition) is 2. The quantitative estimate of drug-likeness (QED) is 0.772. The highest BCUT2D eigenvalue weighted by Gasteiger charge is 1.97. The third-order valence-electron chi connectivity index (χ3n) is 2.92. The molecule has 0 amide bonds. The Morgan fingerprint density at radius 1 is 1.12 bits per heavy atom. The molecule has 0 aromatic heterocycles.